The van der Waals surface area contributed by atoms with Crippen LogP contribution in [0.3, 0.4) is 0 Å². The third kappa shape index (κ3) is 2.59. The second-order valence-corrected chi connectivity index (χ2v) is 4.64. The molecule has 18 heavy (non-hydrogen) atoms. The molecule has 1 aromatic heterocycles. The number of hydrogen-bond acceptors (Lipinski definition) is 5. The van der Waals surface area contributed by atoms with Crippen molar-refractivity contribution >= 4 is 16.5 Å². The maximum absolute atomic E-state index is 14.0. The van der Waals surface area contributed by atoms with Crippen LogP contribution in [-0.2, 0) is 0 Å². The molecular formula is C12H14FN3OS. The Hall–Kier alpha value is -1.69. The van der Waals surface area contributed by atoms with Crippen LogP contribution in [0.2, 0.25) is 0 Å². The lowest BCUT2D eigenvalue weighted by molar-refractivity contribution is 0.387. The summed E-state index contributed by atoms with van der Waals surface area (Å²) < 4.78 is 19.0. The van der Waals surface area contributed by atoms with Crippen LogP contribution in [-0.4, -0.2) is 23.9 Å². The molecule has 4 nitrogen and oxygen atoms in total. The number of methoxy groups -OCH3 is 1. The van der Waals surface area contributed by atoms with Gasteiger partial charge in [-0.1, -0.05) is 24.3 Å². The van der Waals surface area contributed by atoms with Crippen LogP contribution >= 0.6 is 11.3 Å². The minimum Gasteiger partial charge on any atom is -0.494 e. The van der Waals surface area contributed by atoms with Crippen molar-refractivity contribution in [2.24, 2.45) is 0 Å². The molecule has 1 heterocycles. The van der Waals surface area contributed by atoms with Crippen molar-refractivity contribution in [2.45, 2.75) is 13.3 Å². The summed E-state index contributed by atoms with van der Waals surface area (Å²) in [6.07, 6.45) is 1.00. The Kier molecular flexibility index (Phi) is 4.09. The minimum absolute atomic E-state index is 0.214. The molecule has 96 valence electrons. The molecule has 0 aliphatic rings. The summed E-state index contributed by atoms with van der Waals surface area (Å²) in [6.45, 7) is 2.89. The van der Waals surface area contributed by atoms with E-state index >= 15 is 0 Å². The Morgan fingerprint density at radius 1 is 1.39 bits per heavy atom. The van der Waals surface area contributed by atoms with Crippen LogP contribution in [0.4, 0.5) is 9.52 Å². The highest BCUT2D eigenvalue weighted by Gasteiger charge is 2.14. The second kappa shape index (κ2) is 5.77. The normalized spacial score (nSPS) is 10.4. The maximum atomic E-state index is 14.0. The predicted octanol–water partition coefficient (Wildman–Crippen LogP) is 3.17. The Morgan fingerprint density at radius 3 is 2.94 bits per heavy atom. The van der Waals surface area contributed by atoms with E-state index in [-0.39, 0.29) is 5.75 Å². The quantitative estimate of drug-likeness (QED) is 0.904. The number of ether oxygens (including phenoxy) is 1. The summed E-state index contributed by atoms with van der Waals surface area (Å²) in [5.74, 6) is -0.191. The van der Waals surface area contributed by atoms with E-state index in [1.807, 2.05) is 0 Å². The fraction of sp³-hybridized carbons (Fsp3) is 0.333. The van der Waals surface area contributed by atoms with Gasteiger partial charge in [-0.2, -0.15) is 0 Å². The van der Waals surface area contributed by atoms with Crippen LogP contribution < -0.4 is 10.1 Å². The Bertz CT molecular complexity index is 530. The third-order valence-corrected chi connectivity index (χ3v) is 3.28. The molecule has 0 fully saturated rings. The SMILES string of the molecule is CCCNc1nnc(-c2cccc(OC)c2F)s1. The Labute approximate surface area is 109 Å². The number of nitrogens with zero attached hydrogens (tertiary/aromatic N) is 2. The standard InChI is InChI=1S/C12H14FN3OS/c1-3-7-14-12-16-15-11(18-12)8-5-4-6-9(17-2)10(8)13/h4-6H,3,7H2,1-2H3,(H,14,16). The molecule has 0 unspecified atom stereocenters. The van der Waals surface area contributed by atoms with Crippen molar-refractivity contribution in [3.8, 4) is 16.3 Å². The van der Waals surface area contributed by atoms with Gasteiger partial charge in [0.25, 0.3) is 0 Å². The number of nitrogens with one attached hydrogen (secondary N) is 1. The van der Waals surface area contributed by atoms with Gasteiger partial charge in [0.2, 0.25) is 5.13 Å². The smallest absolute Gasteiger partial charge is 0.206 e. The van der Waals surface area contributed by atoms with Crippen molar-refractivity contribution in [1.29, 1.82) is 0 Å². The predicted molar refractivity (Wildman–Crippen MR) is 70.6 cm³/mol. The van der Waals surface area contributed by atoms with Gasteiger partial charge in [-0.05, 0) is 18.6 Å². The maximum Gasteiger partial charge on any atom is 0.206 e. The fourth-order valence-corrected chi connectivity index (χ4v) is 2.26. The number of hydrogen-bond donors (Lipinski definition) is 1. The van der Waals surface area contributed by atoms with Gasteiger partial charge >= 0.3 is 0 Å². The number of benzene rings is 1. The highest BCUT2D eigenvalue weighted by Crippen LogP contribution is 2.32. The monoisotopic (exact) mass is 267 g/mol. The second-order valence-electron chi connectivity index (χ2n) is 3.66. The zero-order valence-electron chi connectivity index (χ0n) is 10.2. The highest BCUT2D eigenvalue weighted by atomic mass is 32.1. The molecule has 0 saturated heterocycles. The topological polar surface area (TPSA) is 47.0 Å². The first-order valence-electron chi connectivity index (χ1n) is 5.66. The lowest BCUT2D eigenvalue weighted by Gasteiger charge is -2.03. The number of anilines is 1. The first-order valence-corrected chi connectivity index (χ1v) is 6.48. The van der Waals surface area contributed by atoms with Gasteiger partial charge in [-0.25, -0.2) is 4.39 Å². The molecule has 2 aromatic rings. The van der Waals surface area contributed by atoms with E-state index in [0.717, 1.165) is 13.0 Å². The number of aromatic nitrogens is 2. The van der Waals surface area contributed by atoms with Gasteiger partial charge in [0.05, 0.1) is 12.7 Å². The summed E-state index contributed by atoms with van der Waals surface area (Å²) in [6, 6.07) is 4.98. The van der Waals surface area contributed by atoms with E-state index < -0.39 is 5.82 Å². The third-order valence-electron chi connectivity index (χ3n) is 2.36. The Morgan fingerprint density at radius 2 is 2.22 bits per heavy atom. The van der Waals surface area contributed by atoms with Crippen molar-refractivity contribution < 1.29 is 9.13 Å². The molecule has 0 spiro atoms. The molecule has 1 aromatic carbocycles. The summed E-state index contributed by atoms with van der Waals surface area (Å²) in [5.41, 5.74) is 0.413. The molecule has 0 bridgehead atoms. The number of rotatable bonds is 5. The number of halogens is 1. The van der Waals surface area contributed by atoms with Gasteiger partial charge in [0, 0.05) is 6.54 Å². The van der Waals surface area contributed by atoms with Gasteiger partial charge < -0.3 is 10.1 Å². The molecule has 0 aliphatic heterocycles. The zero-order valence-corrected chi connectivity index (χ0v) is 11.1. The minimum atomic E-state index is -0.404. The van der Waals surface area contributed by atoms with E-state index in [0.29, 0.717) is 15.7 Å². The zero-order chi connectivity index (χ0) is 13.0. The van der Waals surface area contributed by atoms with Crippen molar-refractivity contribution in [3.05, 3.63) is 24.0 Å². The Balaban J connectivity index is 2.28. The summed E-state index contributed by atoms with van der Waals surface area (Å²) in [4.78, 5) is 0. The summed E-state index contributed by atoms with van der Waals surface area (Å²) in [5, 5.41) is 12.3. The van der Waals surface area contributed by atoms with Gasteiger partial charge in [-0.15, -0.1) is 10.2 Å². The average Bonchev–Trinajstić information content (AvgIpc) is 2.85. The van der Waals surface area contributed by atoms with E-state index in [1.165, 1.54) is 18.4 Å². The summed E-state index contributed by atoms with van der Waals surface area (Å²) in [7, 11) is 1.44. The molecule has 1 N–H and O–H groups in total. The lowest BCUT2D eigenvalue weighted by Crippen LogP contribution is -1.98. The van der Waals surface area contributed by atoms with Crippen LogP contribution in [0.5, 0.6) is 5.75 Å². The van der Waals surface area contributed by atoms with Gasteiger partial charge in [0.1, 0.15) is 0 Å². The van der Waals surface area contributed by atoms with E-state index in [4.69, 9.17) is 4.74 Å². The average molecular weight is 267 g/mol. The first kappa shape index (κ1) is 12.8. The van der Waals surface area contributed by atoms with E-state index in [1.54, 1.807) is 18.2 Å². The van der Waals surface area contributed by atoms with E-state index in [2.05, 4.69) is 22.4 Å². The summed E-state index contributed by atoms with van der Waals surface area (Å²) >= 11 is 1.33. The van der Waals surface area contributed by atoms with Crippen molar-refractivity contribution in [3.63, 3.8) is 0 Å². The molecule has 0 saturated carbocycles. The first-order chi connectivity index (χ1) is 8.76. The molecule has 2 rings (SSSR count). The van der Waals surface area contributed by atoms with Crippen LogP contribution in [0.25, 0.3) is 10.6 Å². The molecule has 6 heteroatoms. The molecular weight excluding hydrogens is 253 g/mol. The van der Waals surface area contributed by atoms with Gasteiger partial charge in [-0.3, -0.25) is 0 Å². The van der Waals surface area contributed by atoms with Gasteiger partial charge in [0.15, 0.2) is 16.6 Å². The van der Waals surface area contributed by atoms with Crippen molar-refractivity contribution in [2.75, 3.05) is 19.0 Å². The molecule has 0 radical (unpaired) electrons. The lowest BCUT2D eigenvalue weighted by atomic mass is 10.2. The van der Waals surface area contributed by atoms with E-state index in [9.17, 15) is 4.39 Å². The highest BCUT2D eigenvalue weighted by molar-refractivity contribution is 7.18. The largest absolute Gasteiger partial charge is 0.494 e. The molecule has 0 aliphatic carbocycles. The molecule has 0 amide bonds. The fourth-order valence-electron chi connectivity index (χ4n) is 1.47. The van der Waals surface area contributed by atoms with Crippen LogP contribution in [0.15, 0.2) is 18.2 Å². The van der Waals surface area contributed by atoms with Crippen LogP contribution in [0, 0.1) is 5.82 Å². The van der Waals surface area contributed by atoms with Crippen LogP contribution in [0.1, 0.15) is 13.3 Å². The molecule has 0 atom stereocenters. The van der Waals surface area contributed by atoms with Crippen molar-refractivity contribution in [1.82, 2.24) is 10.2 Å².